The normalized spacial score (nSPS) is 12.2. The van der Waals surface area contributed by atoms with E-state index < -0.39 is 9.96 Å². The second-order valence-electron chi connectivity index (χ2n) is 5.37. The number of thiocarbonyl (C=S) groups is 1. The number of para-hydroxylation sites is 1. The van der Waals surface area contributed by atoms with Crippen LogP contribution in [0.3, 0.4) is 0 Å². The van der Waals surface area contributed by atoms with Crippen LogP contribution in [0.2, 0.25) is 0 Å². The zero-order valence-electron chi connectivity index (χ0n) is 13.5. The molecule has 0 aliphatic carbocycles. The minimum atomic E-state index is -1.81. The number of nitrogens with one attached hydrogen (secondary N) is 3. The van der Waals surface area contributed by atoms with Gasteiger partial charge in [0.15, 0.2) is 5.11 Å². The number of amides is 1. The number of hydrogen-bond acceptors (Lipinski definition) is 2. The first kappa shape index (κ1) is 21.5. The number of carbonyl (C=O) groups excluding carboxylic acids is 1. The van der Waals surface area contributed by atoms with Crippen molar-refractivity contribution in [3.63, 3.8) is 0 Å². The van der Waals surface area contributed by atoms with E-state index in [0.717, 1.165) is 14.8 Å². The first-order chi connectivity index (χ1) is 12.2. The molecule has 1 amide bonds. The average molecular weight is 543 g/mol. The van der Waals surface area contributed by atoms with Crippen LogP contribution in [0.1, 0.15) is 15.9 Å². The van der Waals surface area contributed by atoms with Gasteiger partial charge >= 0.3 is 0 Å². The van der Waals surface area contributed by atoms with Gasteiger partial charge in [0.2, 0.25) is 3.79 Å². The van der Waals surface area contributed by atoms with E-state index in [1.54, 1.807) is 12.1 Å². The molecule has 0 aliphatic heterocycles. The van der Waals surface area contributed by atoms with Crippen molar-refractivity contribution in [3.8, 4) is 0 Å². The number of anilines is 1. The van der Waals surface area contributed by atoms with E-state index in [9.17, 15) is 4.79 Å². The Morgan fingerprint density at radius 2 is 1.69 bits per heavy atom. The summed E-state index contributed by atoms with van der Waals surface area (Å²) < 4.78 is -0.796. The lowest BCUT2D eigenvalue weighted by molar-refractivity contribution is 0.0934. The van der Waals surface area contributed by atoms with Crippen molar-refractivity contribution in [2.75, 3.05) is 5.32 Å². The van der Waals surface area contributed by atoms with Crippen molar-refractivity contribution in [2.24, 2.45) is 0 Å². The number of benzene rings is 2. The van der Waals surface area contributed by atoms with Gasteiger partial charge in [-0.2, -0.15) is 0 Å². The molecule has 0 saturated heterocycles. The maximum Gasteiger partial charge on any atom is 0.252 e. The third-order valence-electron chi connectivity index (χ3n) is 3.38. The average Bonchev–Trinajstić information content (AvgIpc) is 2.56. The van der Waals surface area contributed by atoms with Crippen LogP contribution in [-0.4, -0.2) is 21.0 Å². The molecule has 0 bridgehead atoms. The van der Waals surface area contributed by atoms with Crippen LogP contribution in [0, 0.1) is 10.5 Å². The van der Waals surface area contributed by atoms with E-state index in [4.69, 9.17) is 47.0 Å². The lowest BCUT2D eigenvalue weighted by Crippen LogP contribution is -2.56. The summed E-state index contributed by atoms with van der Waals surface area (Å²) >= 11 is 25.4. The minimum absolute atomic E-state index is 0.221. The molecule has 2 aromatic rings. The van der Waals surface area contributed by atoms with Gasteiger partial charge < -0.3 is 16.0 Å². The van der Waals surface area contributed by atoms with E-state index in [0.29, 0.717) is 5.56 Å². The fourth-order valence-electron chi connectivity index (χ4n) is 2.02. The van der Waals surface area contributed by atoms with E-state index in [2.05, 4.69) is 38.5 Å². The van der Waals surface area contributed by atoms with E-state index in [1.165, 1.54) is 0 Å². The Morgan fingerprint density at radius 3 is 2.27 bits per heavy atom. The molecule has 2 aromatic carbocycles. The highest BCUT2D eigenvalue weighted by Crippen LogP contribution is 2.29. The third kappa shape index (κ3) is 6.42. The molecule has 0 aliphatic rings. The van der Waals surface area contributed by atoms with Gasteiger partial charge in [0, 0.05) is 14.8 Å². The van der Waals surface area contributed by atoms with Crippen LogP contribution in [0.5, 0.6) is 0 Å². The SMILES string of the molecule is Cc1ccccc1NC(=S)N[C@@H](NC(=O)c1ccc(I)cc1)C(Cl)(Cl)Cl. The number of hydrogen-bond donors (Lipinski definition) is 3. The lowest BCUT2D eigenvalue weighted by atomic mass is 10.2. The van der Waals surface area contributed by atoms with Crippen LogP contribution in [0.4, 0.5) is 5.69 Å². The fraction of sp³-hybridized carbons (Fsp3) is 0.176. The molecule has 138 valence electrons. The Morgan fingerprint density at radius 1 is 1.08 bits per heavy atom. The molecule has 4 nitrogen and oxygen atoms in total. The van der Waals surface area contributed by atoms with Crippen molar-refractivity contribution in [1.82, 2.24) is 10.6 Å². The maximum absolute atomic E-state index is 12.4. The Balaban J connectivity index is 2.07. The summed E-state index contributed by atoms with van der Waals surface area (Å²) in [5.74, 6) is -0.385. The first-order valence-corrected chi connectivity index (χ1v) is 10.0. The monoisotopic (exact) mass is 541 g/mol. The second kappa shape index (κ2) is 9.41. The summed E-state index contributed by atoms with van der Waals surface area (Å²) in [6.45, 7) is 1.94. The summed E-state index contributed by atoms with van der Waals surface area (Å²) in [7, 11) is 0. The van der Waals surface area contributed by atoms with Crippen molar-refractivity contribution >= 4 is 86.3 Å². The van der Waals surface area contributed by atoms with Gasteiger partial charge in [-0.25, -0.2) is 0 Å². The quantitative estimate of drug-likeness (QED) is 0.220. The van der Waals surface area contributed by atoms with Crippen LogP contribution in [-0.2, 0) is 0 Å². The van der Waals surface area contributed by atoms with Crippen molar-refractivity contribution in [1.29, 1.82) is 0 Å². The summed E-state index contributed by atoms with van der Waals surface area (Å²) in [5.41, 5.74) is 2.27. The summed E-state index contributed by atoms with van der Waals surface area (Å²) in [5, 5.41) is 8.73. The van der Waals surface area contributed by atoms with Gasteiger partial charge in [-0.05, 0) is 77.6 Å². The number of halogens is 4. The number of carbonyl (C=O) groups is 1. The molecule has 1 atom stereocenters. The summed E-state index contributed by atoms with van der Waals surface area (Å²) in [6, 6.07) is 14.6. The Kier molecular flexibility index (Phi) is 7.78. The van der Waals surface area contributed by atoms with E-state index in [1.807, 2.05) is 43.3 Å². The van der Waals surface area contributed by atoms with Gasteiger partial charge in [0.25, 0.3) is 5.91 Å². The number of aryl methyl sites for hydroxylation is 1. The molecular weight excluding hydrogens is 528 g/mol. The van der Waals surface area contributed by atoms with Crippen LogP contribution in [0.25, 0.3) is 0 Å². The molecular formula is C17H15Cl3IN3OS. The minimum Gasteiger partial charge on any atom is -0.339 e. The molecule has 0 heterocycles. The smallest absolute Gasteiger partial charge is 0.252 e. The molecule has 0 fully saturated rings. The summed E-state index contributed by atoms with van der Waals surface area (Å²) in [6.07, 6.45) is -1.02. The lowest BCUT2D eigenvalue weighted by Gasteiger charge is -2.28. The third-order valence-corrected chi connectivity index (χ3v) is 4.97. The van der Waals surface area contributed by atoms with Gasteiger partial charge in [-0.1, -0.05) is 53.0 Å². The van der Waals surface area contributed by atoms with Crippen molar-refractivity contribution in [3.05, 3.63) is 63.2 Å². The molecule has 3 N–H and O–H groups in total. The largest absolute Gasteiger partial charge is 0.339 e. The Labute approximate surface area is 186 Å². The highest BCUT2D eigenvalue weighted by atomic mass is 127. The molecule has 26 heavy (non-hydrogen) atoms. The highest BCUT2D eigenvalue weighted by Gasteiger charge is 2.34. The van der Waals surface area contributed by atoms with Gasteiger partial charge in [-0.3, -0.25) is 4.79 Å². The molecule has 2 rings (SSSR count). The van der Waals surface area contributed by atoms with Gasteiger partial charge in [0.05, 0.1) is 0 Å². The zero-order chi connectivity index (χ0) is 19.3. The van der Waals surface area contributed by atoms with Crippen LogP contribution >= 0.6 is 69.6 Å². The standard InChI is InChI=1S/C17H15Cl3IN3OS/c1-10-4-2-3-5-13(10)22-16(26)24-15(17(18,19)20)23-14(25)11-6-8-12(21)9-7-11/h2-9,15H,1H3,(H,23,25)(H2,22,24,26)/t15-/m1/s1. The van der Waals surface area contributed by atoms with Crippen molar-refractivity contribution < 1.29 is 4.79 Å². The molecule has 0 radical (unpaired) electrons. The highest BCUT2D eigenvalue weighted by molar-refractivity contribution is 14.1. The zero-order valence-corrected chi connectivity index (χ0v) is 18.8. The predicted molar refractivity (Wildman–Crippen MR) is 121 cm³/mol. The van der Waals surface area contributed by atoms with E-state index in [-0.39, 0.29) is 11.0 Å². The molecule has 9 heteroatoms. The molecule has 0 spiro atoms. The van der Waals surface area contributed by atoms with Crippen molar-refractivity contribution in [2.45, 2.75) is 16.9 Å². The number of rotatable bonds is 4. The van der Waals surface area contributed by atoms with Gasteiger partial charge in [-0.15, -0.1) is 0 Å². The number of alkyl halides is 3. The van der Waals surface area contributed by atoms with Gasteiger partial charge in [0.1, 0.15) is 6.17 Å². The molecule has 0 aromatic heterocycles. The summed E-state index contributed by atoms with van der Waals surface area (Å²) in [4.78, 5) is 12.4. The van der Waals surface area contributed by atoms with E-state index >= 15 is 0 Å². The Hall–Kier alpha value is -0.800. The predicted octanol–water partition coefficient (Wildman–Crippen LogP) is 5.01. The Bertz CT molecular complexity index is 797. The van der Waals surface area contributed by atoms with Crippen LogP contribution < -0.4 is 16.0 Å². The molecule has 0 saturated carbocycles. The first-order valence-electron chi connectivity index (χ1n) is 7.43. The second-order valence-corrected chi connectivity index (χ2v) is 9.39. The topological polar surface area (TPSA) is 53.2 Å². The molecule has 0 unspecified atom stereocenters. The fourth-order valence-corrected chi connectivity index (χ4v) is 2.93. The van der Waals surface area contributed by atoms with Crippen LogP contribution in [0.15, 0.2) is 48.5 Å². The maximum atomic E-state index is 12.4.